The van der Waals surface area contributed by atoms with Crippen molar-refractivity contribution in [2.45, 2.75) is 6.92 Å². The number of hydrogen-bond donors (Lipinski definition) is 1. The van der Waals surface area contributed by atoms with E-state index in [2.05, 4.69) is 9.97 Å². The largest absolute Gasteiger partial charge is 0.354 e. The maximum absolute atomic E-state index is 11.4. The summed E-state index contributed by atoms with van der Waals surface area (Å²) < 4.78 is 0. The third-order valence-corrected chi connectivity index (χ3v) is 3.70. The lowest BCUT2D eigenvalue weighted by Gasteiger charge is -1.98. The quantitative estimate of drug-likeness (QED) is 0.715. The molecular formula is C15H11ClN2O. The number of fused-ring (bicyclic) bond motifs is 1. The summed E-state index contributed by atoms with van der Waals surface area (Å²) in [6.45, 7) is 1.94. The fourth-order valence-electron chi connectivity index (χ4n) is 2.27. The Morgan fingerprint density at radius 2 is 1.95 bits per heavy atom. The highest BCUT2D eigenvalue weighted by Gasteiger charge is 2.14. The van der Waals surface area contributed by atoms with Gasteiger partial charge in [0.15, 0.2) is 6.29 Å². The first-order chi connectivity index (χ1) is 9.22. The van der Waals surface area contributed by atoms with Crippen molar-refractivity contribution in [1.82, 2.24) is 9.97 Å². The molecule has 0 amide bonds. The molecule has 0 unspecified atom stereocenters. The molecule has 0 saturated heterocycles. The van der Waals surface area contributed by atoms with Crippen LogP contribution in [0.3, 0.4) is 0 Å². The predicted molar refractivity (Wildman–Crippen MR) is 76.7 cm³/mol. The first-order valence-corrected chi connectivity index (χ1v) is 6.26. The van der Waals surface area contributed by atoms with Crippen molar-refractivity contribution >= 4 is 28.8 Å². The summed E-state index contributed by atoms with van der Waals surface area (Å²) in [6, 6.07) is 7.43. The number of H-pyrrole nitrogens is 1. The van der Waals surface area contributed by atoms with Gasteiger partial charge in [0, 0.05) is 33.9 Å². The summed E-state index contributed by atoms with van der Waals surface area (Å²) in [4.78, 5) is 18.7. The number of aromatic amines is 1. The van der Waals surface area contributed by atoms with Crippen LogP contribution in [0.25, 0.3) is 22.2 Å². The van der Waals surface area contributed by atoms with E-state index in [9.17, 15) is 4.79 Å². The van der Waals surface area contributed by atoms with Crippen molar-refractivity contribution in [3.63, 3.8) is 0 Å². The zero-order valence-electron chi connectivity index (χ0n) is 10.3. The molecule has 19 heavy (non-hydrogen) atoms. The van der Waals surface area contributed by atoms with E-state index < -0.39 is 0 Å². The number of carbonyl (C=O) groups is 1. The van der Waals surface area contributed by atoms with Crippen LogP contribution in [0, 0.1) is 6.92 Å². The van der Waals surface area contributed by atoms with Crippen LogP contribution in [0.1, 0.15) is 15.9 Å². The topological polar surface area (TPSA) is 45.8 Å². The molecule has 0 bridgehead atoms. The molecular weight excluding hydrogens is 260 g/mol. The first-order valence-electron chi connectivity index (χ1n) is 5.88. The zero-order valence-corrected chi connectivity index (χ0v) is 11.0. The van der Waals surface area contributed by atoms with Crippen LogP contribution >= 0.6 is 11.6 Å². The van der Waals surface area contributed by atoms with E-state index in [1.54, 1.807) is 12.4 Å². The molecule has 0 radical (unpaired) electrons. The molecule has 0 aliphatic heterocycles. The van der Waals surface area contributed by atoms with Crippen LogP contribution in [0.4, 0.5) is 0 Å². The van der Waals surface area contributed by atoms with Gasteiger partial charge in [0.2, 0.25) is 0 Å². The Bertz CT molecular complexity index is 763. The van der Waals surface area contributed by atoms with Gasteiger partial charge in [-0.15, -0.1) is 0 Å². The van der Waals surface area contributed by atoms with Gasteiger partial charge < -0.3 is 4.98 Å². The third-order valence-electron chi connectivity index (χ3n) is 3.30. The van der Waals surface area contributed by atoms with E-state index in [0.29, 0.717) is 10.6 Å². The lowest BCUT2D eigenvalue weighted by molar-refractivity contribution is 0.112. The summed E-state index contributed by atoms with van der Waals surface area (Å²) >= 11 is 6.12. The van der Waals surface area contributed by atoms with Crippen molar-refractivity contribution in [2.24, 2.45) is 0 Å². The SMILES string of the molecule is Cc1c(Cl)ccc2c(C=O)c(-c3ccncc3)[nH]c12. The number of aryl methyl sites for hydroxylation is 1. The number of carbonyl (C=O) groups excluding carboxylic acids is 1. The molecule has 0 atom stereocenters. The highest BCUT2D eigenvalue weighted by atomic mass is 35.5. The highest BCUT2D eigenvalue weighted by Crippen LogP contribution is 2.32. The molecule has 1 aromatic carbocycles. The van der Waals surface area contributed by atoms with Crippen LogP contribution in [-0.4, -0.2) is 16.3 Å². The van der Waals surface area contributed by atoms with Gasteiger partial charge in [0.1, 0.15) is 0 Å². The number of aromatic nitrogens is 2. The maximum Gasteiger partial charge on any atom is 0.152 e. The van der Waals surface area contributed by atoms with Crippen LogP contribution in [-0.2, 0) is 0 Å². The molecule has 0 aliphatic carbocycles. The van der Waals surface area contributed by atoms with Gasteiger partial charge in [-0.2, -0.15) is 0 Å². The second-order valence-electron chi connectivity index (χ2n) is 4.36. The Kier molecular flexibility index (Phi) is 2.84. The van der Waals surface area contributed by atoms with Crippen LogP contribution in [0.2, 0.25) is 5.02 Å². The van der Waals surface area contributed by atoms with Gasteiger partial charge in [0.25, 0.3) is 0 Å². The average Bonchev–Trinajstić information content (AvgIpc) is 2.83. The minimum Gasteiger partial charge on any atom is -0.354 e. The maximum atomic E-state index is 11.4. The minimum absolute atomic E-state index is 0.654. The Morgan fingerprint density at radius 1 is 1.21 bits per heavy atom. The number of rotatable bonds is 2. The van der Waals surface area contributed by atoms with Gasteiger partial charge in [-0.1, -0.05) is 17.7 Å². The number of benzene rings is 1. The van der Waals surface area contributed by atoms with Crippen LogP contribution in [0.5, 0.6) is 0 Å². The van der Waals surface area contributed by atoms with Gasteiger partial charge >= 0.3 is 0 Å². The van der Waals surface area contributed by atoms with Crippen molar-refractivity contribution in [2.75, 3.05) is 0 Å². The Morgan fingerprint density at radius 3 is 2.63 bits per heavy atom. The van der Waals surface area contributed by atoms with Crippen molar-refractivity contribution in [3.8, 4) is 11.3 Å². The number of aldehydes is 1. The molecule has 0 fully saturated rings. The Labute approximate surface area is 115 Å². The van der Waals surface area contributed by atoms with Gasteiger partial charge in [0.05, 0.1) is 11.2 Å². The second kappa shape index (κ2) is 4.52. The van der Waals surface area contributed by atoms with E-state index in [1.165, 1.54) is 0 Å². The monoisotopic (exact) mass is 270 g/mol. The lowest BCUT2D eigenvalue weighted by Crippen LogP contribution is -1.84. The predicted octanol–water partition coefficient (Wildman–Crippen LogP) is 4.00. The lowest BCUT2D eigenvalue weighted by atomic mass is 10.1. The first kappa shape index (κ1) is 11.9. The number of pyridine rings is 1. The van der Waals surface area contributed by atoms with E-state index in [-0.39, 0.29) is 0 Å². The van der Waals surface area contributed by atoms with Crippen molar-refractivity contribution < 1.29 is 4.79 Å². The summed E-state index contributed by atoms with van der Waals surface area (Å²) in [5.41, 5.74) is 4.24. The second-order valence-corrected chi connectivity index (χ2v) is 4.77. The van der Waals surface area contributed by atoms with Crippen LogP contribution in [0.15, 0.2) is 36.7 Å². The summed E-state index contributed by atoms with van der Waals surface area (Å²) in [6.07, 6.45) is 4.28. The molecule has 2 heterocycles. The van der Waals surface area contributed by atoms with Gasteiger partial charge in [-0.3, -0.25) is 9.78 Å². The number of nitrogens with one attached hydrogen (secondary N) is 1. The fourth-order valence-corrected chi connectivity index (χ4v) is 2.42. The van der Waals surface area contributed by atoms with E-state index in [0.717, 1.165) is 34.0 Å². The third kappa shape index (κ3) is 1.83. The minimum atomic E-state index is 0.654. The number of halogens is 1. The van der Waals surface area contributed by atoms with Crippen LogP contribution < -0.4 is 0 Å². The number of nitrogens with zero attached hydrogens (tertiary/aromatic N) is 1. The molecule has 3 nitrogen and oxygen atoms in total. The molecule has 3 aromatic rings. The Hall–Kier alpha value is -2.13. The van der Waals surface area contributed by atoms with E-state index >= 15 is 0 Å². The molecule has 2 aromatic heterocycles. The van der Waals surface area contributed by atoms with Gasteiger partial charge in [-0.05, 0) is 30.7 Å². The highest BCUT2D eigenvalue weighted by molar-refractivity contribution is 6.32. The van der Waals surface area contributed by atoms with E-state index in [1.807, 2.05) is 31.2 Å². The fraction of sp³-hybridized carbons (Fsp3) is 0.0667. The molecule has 1 N–H and O–H groups in total. The zero-order chi connectivity index (χ0) is 13.4. The molecule has 0 aliphatic rings. The van der Waals surface area contributed by atoms with E-state index in [4.69, 9.17) is 11.6 Å². The summed E-state index contributed by atoms with van der Waals surface area (Å²) in [7, 11) is 0. The molecule has 94 valence electrons. The average molecular weight is 271 g/mol. The summed E-state index contributed by atoms with van der Waals surface area (Å²) in [5, 5.41) is 1.58. The Balaban J connectivity index is 2.38. The normalized spacial score (nSPS) is 10.8. The number of hydrogen-bond acceptors (Lipinski definition) is 2. The van der Waals surface area contributed by atoms with Crippen molar-refractivity contribution in [3.05, 3.63) is 52.8 Å². The molecule has 4 heteroatoms. The van der Waals surface area contributed by atoms with Gasteiger partial charge in [-0.25, -0.2) is 0 Å². The standard InChI is InChI=1S/C15H11ClN2O/c1-9-13(16)3-2-11-12(8-19)15(18-14(9)11)10-4-6-17-7-5-10/h2-8,18H,1H3. The summed E-state index contributed by atoms with van der Waals surface area (Å²) in [5.74, 6) is 0. The molecule has 0 saturated carbocycles. The molecule has 3 rings (SSSR count). The van der Waals surface area contributed by atoms with Crippen molar-refractivity contribution in [1.29, 1.82) is 0 Å². The molecule has 0 spiro atoms. The smallest absolute Gasteiger partial charge is 0.152 e.